The monoisotopic (exact) mass is 336 g/mol. The van der Waals surface area contributed by atoms with Crippen LogP contribution in [0, 0.1) is 0 Å². The van der Waals surface area contributed by atoms with E-state index in [0.717, 1.165) is 4.68 Å². The lowest BCUT2D eigenvalue weighted by molar-refractivity contribution is -0.124. The number of sulfone groups is 1. The summed E-state index contributed by atoms with van der Waals surface area (Å²) in [5, 5.41) is 10.8. The zero-order chi connectivity index (χ0) is 16.6. The molecular weight excluding hydrogens is 320 g/mol. The number of carbonyl (C=O) groups is 1. The van der Waals surface area contributed by atoms with Gasteiger partial charge in [0.15, 0.2) is 9.84 Å². The quantitative estimate of drug-likeness (QED) is 0.820. The smallest absolute Gasteiger partial charge is 0.278 e. The van der Waals surface area contributed by atoms with Crippen molar-refractivity contribution in [3.63, 3.8) is 0 Å². The zero-order valence-corrected chi connectivity index (χ0v) is 13.3. The molecule has 3 rings (SSSR count). The molecule has 1 saturated heterocycles. The number of nitrogens with one attached hydrogen (secondary N) is 1. The van der Waals surface area contributed by atoms with E-state index in [4.69, 9.17) is 0 Å². The third-order valence-corrected chi connectivity index (χ3v) is 5.68. The summed E-state index contributed by atoms with van der Waals surface area (Å²) in [4.78, 5) is 24.7. The molecule has 1 aromatic heterocycles. The van der Waals surface area contributed by atoms with Gasteiger partial charge in [0, 0.05) is 6.04 Å². The van der Waals surface area contributed by atoms with Gasteiger partial charge in [-0.25, -0.2) is 8.42 Å². The molecule has 0 saturated carbocycles. The topological polar surface area (TPSA) is 111 Å². The zero-order valence-electron chi connectivity index (χ0n) is 12.5. The van der Waals surface area contributed by atoms with Crippen molar-refractivity contribution in [3.8, 4) is 0 Å². The van der Waals surface area contributed by atoms with Crippen molar-refractivity contribution < 1.29 is 13.2 Å². The number of amides is 1. The first-order valence-corrected chi connectivity index (χ1v) is 9.04. The molecule has 0 unspecified atom stereocenters. The molecule has 0 radical (unpaired) electrons. The third kappa shape index (κ3) is 3.09. The highest BCUT2D eigenvalue weighted by Crippen LogP contribution is 2.13. The van der Waals surface area contributed by atoms with Gasteiger partial charge in [-0.3, -0.25) is 9.59 Å². The van der Waals surface area contributed by atoms with Crippen LogP contribution in [0.2, 0.25) is 0 Å². The van der Waals surface area contributed by atoms with Crippen LogP contribution in [0.25, 0.3) is 10.9 Å². The van der Waals surface area contributed by atoms with Crippen molar-refractivity contribution >= 4 is 26.6 Å². The maximum atomic E-state index is 12.4. The lowest BCUT2D eigenvalue weighted by Crippen LogP contribution is -2.42. The molecule has 9 heteroatoms. The van der Waals surface area contributed by atoms with Crippen LogP contribution in [0.1, 0.15) is 19.4 Å². The number of rotatable bonds is 3. The van der Waals surface area contributed by atoms with Crippen molar-refractivity contribution in [2.24, 2.45) is 0 Å². The van der Waals surface area contributed by atoms with Crippen LogP contribution in [0.15, 0.2) is 29.1 Å². The molecule has 8 nitrogen and oxygen atoms in total. The number of hydrogen-bond acceptors (Lipinski definition) is 6. The molecule has 23 heavy (non-hydrogen) atoms. The first-order valence-electron chi connectivity index (χ1n) is 7.22. The van der Waals surface area contributed by atoms with E-state index in [0.29, 0.717) is 17.3 Å². The Morgan fingerprint density at radius 2 is 2.13 bits per heavy atom. The fraction of sp³-hybridized carbons (Fsp3) is 0.429. The molecule has 1 aromatic carbocycles. The second kappa shape index (κ2) is 5.73. The van der Waals surface area contributed by atoms with E-state index in [1.807, 2.05) is 0 Å². The predicted molar refractivity (Wildman–Crippen MR) is 83.7 cm³/mol. The second-order valence-electron chi connectivity index (χ2n) is 5.64. The van der Waals surface area contributed by atoms with Crippen LogP contribution in [0.5, 0.6) is 0 Å². The SMILES string of the molecule is C[C@@H](C(=O)N[C@H]1CCS(=O)(=O)C1)n1nnc2ccccc2c1=O. The minimum Gasteiger partial charge on any atom is -0.350 e. The van der Waals surface area contributed by atoms with Crippen molar-refractivity contribution in [1.29, 1.82) is 0 Å². The molecule has 1 N–H and O–H groups in total. The van der Waals surface area contributed by atoms with Gasteiger partial charge in [0.1, 0.15) is 11.6 Å². The van der Waals surface area contributed by atoms with Crippen LogP contribution in [-0.2, 0) is 14.6 Å². The van der Waals surface area contributed by atoms with Crippen LogP contribution < -0.4 is 10.9 Å². The number of benzene rings is 1. The number of hydrogen-bond donors (Lipinski definition) is 1. The summed E-state index contributed by atoms with van der Waals surface area (Å²) >= 11 is 0. The van der Waals surface area contributed by atoms with E-state index in [2.05, 4.69) is 15.6 Å². The maximum Gasteiger partial charge on any atom is 0.278 e. The summed E-state index contributed by atoms with van der Waals surface area (Å²) in [6.07, 6.45) is 0.388. The van der Waals surface area contributed by atoms with Crippen LogP contribution in [-0.4, -0.2) is 46.9 Å². The van der Waals surface area contributed by atoms with Gasteiger partial charge >= 0.3 is 0 Å². The van der Waals surface area contributed by atoms with E-state index in [1.54, 1.807) is 24.3 Å². The molecule has 0 bridgehead atoms. The summed E-state index contributed by atoms with van der Waals surface area (Å²) in [6.45, 7) is 1.53. The average Bonchev–Trinajstić information content (AvgIpc) is 2.86. The van der Waals surface area contributed by atoms with Crippen molar-refractivity contribution in [2.75, 3.05) is 11.5 Å². The Morgan fingerprint density at radius 1 is 1.39 bits per heavy atom. The van der Waals surface area contributed by atoms with Gasteiger partial charge < -0.3 is 5.32 Å². The summed E-state index contributed by atoms with van der Waals surface area (Å²) in [5.74, 6) is -0.440. The van der Waals surface area contributed by atoms with Gasteiger partial charge in [-0.15, -0.1) is 5.10 Å². The summed E-state index contributed by atoms with van der Waals surface area (Å²) < 4.78 is 23.9. The number of carbonyl (C=O) groups excluding carboxylic acids is 1. The molecule has 0 spiro atoms. The van der Waals surface area contributed by atoms with E-state index in [-0.39, 0.29) is 11.5 Å². The molecule has 122 valence electrons. The molecule has 2 aromatic rings. The molecule has 2 heterocycles. The van der Waals surface area contributed by atoms with Crippen molar-refractivity contribution in [3.05, 3.63) is 34.6 Å². The normalized spacial score (nSPS) is 21.2. The van der Waals surface area contributed by atoms with Gasteiger partial charge in [-0.05, 0) is 25.5 Å². The van der Waals surface area contributed by atoms with E-state index < -0.39 is 33.4 Å². The van der Waals surface area contributed by atoms with E-state index >= 15 is 0 Å². The van der Waals surface area contributed by atoms with Crippen molar-refractivity contribution in [2.45, 2.75) is 25.4 Å². The highest BCUT2D eigenvalue weighted by Gasteiger charge is 2.30. The summed E-state index contributed by atoms with van der Waals surface area (Å²) in [5.41, 5.74) is 0.0561. The number of nitrogens with zero attached hydrogens (tertiary/aromatic N) is 3. The van der Waals surface area contributed by atoms with Crippen molar-refractivity contribution in [1.82, 2.24) is 20.3 Å². The number of fused-ring (bicyclic) bond motifs is 1. The van der Waals surface area contributed by atoms with Gasteiger partial charge in [0.25, 0.3) is 5.56 Å². The minimum absolute atomic E-state index is 0.0657. The highest BCUT2D eigenvalue weighted by atomic mass is 32.2. The Labute approximate surface area is 132 Å². The Bertz CT molecular complexity index is 922. The largest absolute Gasteiger partial charge is 0.350 e. The Kier molecular flexibility index (Phi) is 3.88. The van der Waals surface area contributed by atoms with E-state index in [9.17, 15) is 18.0 Å². The second-order valence-corrected chi connectivity index (χ2v) is 7.87. The standard InChI is InChI=1S/C14H16N4O4S/c1-9(13(19)15-10-6-7-23(21,22)8-10)18-14(20)11-4-2-3-5-12(11)16-17-18/h2-5,9-10H,6-8H2,1H3,(H,15,19)/t9-,10-/m0/s1. The predicted octanol–water partition coefficient (Wildman–Crippen LogP) is -0.344. The first-order chi connectivity index (χ1) is 10.9. The van der Waals surface area contributed by atoms with Gasteiger partial charge in [-0.2, -0.15) is 4.68 Å². The first kappa shape index (κ1) is 15.6. The average molecular weight is 336 g/mol. The Balaban J connectivity index is 1.83. The van der Waals surface area contributed by atoms with Crippen LogP contribution in [0.3, 0.4) is 0 Å². The fourth-order valence-electron chi connectivity index (χ4n) is 2.60. The van der Waals surface area contributed by atoms with Crippen LogP contribution in [0.4, 0.5) is 0 Å². The Hall–Kier alpha value is -2.29. The number of aromatic nitrogens is 3. The molecule has 0 aliphatic carbocycles. The molecule has 2 atom stereocenters. The molecule has 1 fully saturated rings. The minimum atomic E-state index is -3.08. The van der Waals surface area contributed by atoms with Crippen LogP contribution >= 0.6 is 0 Å². The molecule has 1 amide bonds. The maximum absolute atomic E-state index is 12.4. The summed E-state index contributed by atoms with van der Waals surface area (Å²) in [7, 11) is -3.08. The Morgan fingerprint density at radius 3 is 2.83 bits per heavy atom. The van der Waals surface area contributed by atoms with Gasteiger partial charge in [0.05, 0.1) is 16.9 Å². The van der Waals surface area contributed by atoms with Gasteiger partial charge in [0.2, 0.25) is 5.91 Å². The molecule has 1 aliphatic rings. The molecular formula is C14H16N4O4S. The fourth-order valence-corrected chi connectivity index (χ4v) is 4.27. The lowest BCUT2D eigenvalue weighted by atomic mass is 10.2. The lowest BCUT2D eigenvalue weighted by Gasteiger charge is -2.16. The molecule has 1 aliphatic heterocycles. The third-order valence-electron chi connectivity index (χ3n) is 3.92. The van der Waals surface area contributed by atoms with Gasteiger partial charge in [-0.1, -0.05) is 17.3 Å². The van der Waals surface area contributed by atoms with E-state index in [1.165, 1.54) is 6.92 Å². The summed E-state index contributed by atoms with van der Waals surface area (Å²) in [6, 6.07) is 5.46. The highest BCUT2D eigenvalue weighted by molar-refractivity contribution is 7.91.